The highest BCUT2D eigenvalue weighted by Gasteiger charge is 2.25. The van der Waals surface area contributed by atoms with E-state index in [0.29, 0.717) is 39.3 Å². The zero-order chi connectivity index (χ0) is 23.9. The average molecular weight is 448 g/mol. The van der Waals surface area contributed by atoms with E-state index in [0.717, 1.165) is 10.9 Å². The molecule has 0 aliphatic carbocycles. The van der Waals surface area contributed by atoms with Crippen LogP contribution in [-0.4, -0.2) is 29.6 Å². The SMILES string of the molecule is [C-]#[N+]C(C)(C)c1ccc(-n2c(=O)ccc3cnc4ccc(-c5cnc(CO)nc5)nc4c32)cc1. The van der Waals surface area contributed by atoms with Crippen molar-refractivity contribution >= 4 is 21.9 Å². The Bertz CT molecular complexity index is 1630. The van der Waals surface area contributed by atoms with Crippen LogP contribution in [0, 0.1) is 6.57 Å². The first-order chi connectivity index (χ1) is 16.4. The fourth-order valence-electron chi connectivity index (χ4n) is 3.84. The van der Waals surface area contributed by atoms with Gasteiger partial charge in [-0.05, 0) is 42.5 Å². The van der Waals surface area contributed by atoms with Crippen molar-refractivity contribution in [1.29, 1.82) is 0 Å². The van der Waals surface area contributed by atoms with Crippen molar-refractivity contribution in [1.82, 2.24) is 24.5 Å². The van der Waals surface area contributed by atoms with Gasteiger partial charge >= 0.3 is 0 Å². The number of aliphatic hydroxyl groups excluding tert-OH is 1. The topological polar surface area (TPSA) is 98.2 Å². The van der Waals surface area contributed by atoms with Gasteiger partial charge in [-0.1, -0.05) is 0 Å². The molecular formula is C26H20N6O2. The fourth-order valence-corrected chi connectivity index (χ4v) is 3.84. The van der Waals surface area contributed by atoms with Gasteiger partial charge in [-0.15, -0.1) is 0 Å². The van der Waals surface area contributed by atoms with Gasteiger partial charge < -0.3 is 9.95 Å². The van der Waals surface area contributed by atoms with Gasteiger partial charge in [-0.3, -0.25) is 14.3 Å². The highest BCUT2D eigenvalue weighted by atomic mass is 16.3. The molecule has 5 rings (SSSR count). The summed E-state index contributed by atoms with van der Waals surface area (Å²) in [4.78, 5) is 34.4. The summed E-state index contributed by atoms with van der Waals surface area (Å²) < 4.78 is 1.62. The smallest absolute Gasteiger partial charge is 0.255 e. The molecule has 0 aliphatic heterocycles. The van der Waals surface area contributed by atoms with E-state index >= 15 is 0 Å². The average Bonchev–Trinajstić information content (AvgIpc) is 2.88. The lowest BCUT2D eigenvalue weighted by Gasteiger charge is -2.15. The van der Waals surface area contributed by atoms with E-state index in [1.165, 1.54) is 6.07 Å². The van der Waals surface area contributed by atoms with Crippen LogP contribution in [0.3, 0.4) is 0 Å². The third-order valence-electron chi connectivity index (χ3n) is 5.82. The summed E-state index contributed by atoms with van der Waals surface area (Å²) in [6.07, 6.45) is 4.94. The van der Waals surface area contributed by atoms with E-state index in [4.69, 9.17) is 11.6 Å². The Morgan fingerprint density at radius 2 is 1.71 bits per heavy atom. The maximum atomic E-state index is 13.1. The van der Waals surface area contributed by atoms with E-state index in [-0.39, 0.29) is 12.2 Å². The van der Waals surface area contributed by atoms with Gasteiger partial charge in [0.15, 0.2) is 5.82 Å². The molecule has 0 amide bonds. The molecule has 8 heteroatoms. The van der Waals surface area contributed by atoms with Crippen LogP contribution in [0.4, 0.5) is 0 Å². The molecular weight excluding hydrogens is 428 g/mol. The molecule has 0 saturated carbocycles. The Labute approximate surface area is 195 Å². The molecule has 0 aliphatic rings. The first-order valence-corrected chi connectivity index (χ1v) is 10.6. The number of pyridine rings is 3. The Morgan fingerprint density at radius 1 is 0.971 bits per heavy atom. The Morgan fingerprint density at radius 3 is 2.38 bits per heavy atom. The molecule has 1 N–H and O–H groups in total. The lowest BCUT2D eigenvalue weighted by molar-refractivity contribution is 0.271. The van der Waals surface area contributed by atoms with Crippen molar-refractivity contribution in [3.05, 3.63) is 100 Å². The summed E-state index contributed by atoms with van der Waals surface area (Å²) >= 11 is 0. The van der Waals surface area contributed by atoms with Crippen LogP contribution < -0.4 is 5.56 Å². The minimum atomic E-state index is -0.650. The molecule has 0 atom stereocenters. The maximum Gasteiger partial charge on any atom is 0.255 e. The third kappa shape index (κ3) is 3.58. The van der Waals surface area contributed by atoms with Crippen LogP contribution in [0.2, 0.25) is 0 Å². The highest BCUT2D eigenvalue weighted by Crippen LogP contribution is 2.28. The van der Waals surface area contributed by atoms with Gasteiger partial charge in [0.25, 0.3) is 11.1 Å². The molecule has 166 valence electrons. The minimum absolute atomic E-state index is 0.194. The van der Waals surface area contributed by atoms with Crippen LogP contribution >= 0.6 is 0 Å². The van der Waals surface area contributed by atoms with Crippen LogP contribution in [-0.2, 0) is 12.1 Å². The Kier molecular flexibility index (Phi) is 5.11. The Hall–Kier alpha value is -4.48. The number of aliphatic hydroxyl groups is 1. The van der Waals surface area contributed by atoms with Crippen molar-refractivity contribution < 1.29 is 5.11 Å². The number of rotatable bonds is 4. The summed E-state index contributed by atoms with van der Waals surface area (Å²) in [6.45, 7) is 10.9. The first kappa shape index (κ1) is 21.4. The van der Waals surface area contributed by atoms with E-state index in [9.17, 15) is 9.90 Å². The molecule has 0 radical (unpaired) electrons. The molecule has 0 unspecified atom stereocenters. The molecule has 4 aromatic heterocycles. The molecule has 8 nitrogen and oxygen atoms in total. The number of fused-ring (bicyclic) bond motifs is 3. The van der Waals surface area contributed by atoms with Gasteiger partial charge in [0.1, 0.15) is 12.1 Å². The zero-order valence-electron chi connectivity index (χ0n) is 18.6. The van der Waals surface area contributed by atoms with Crippen molar-refractivity contribution in [2.75, 3.05) is 0 Å². The van der Waals surface area contributed by atoms with Gasteiger partial charge in [0.2, 0.25) is 0 Å². The number of nitrogens with zero attached hydrogens (tertiary/aromatic N) is 6. The summed E-state index contributed by atoms with van der Waals surface area (Å²) in [5, 5.41) is 9.98. The zero-order valence-corrected chi connectivity index (χ0v) is 18.6. The summed E-state index contributed by atoms with van der Waals surface area (Å²) in [5.74, 6) is 0.329. The summed E-state index contributed by atoms with van der Waals surface area (Å²) in [6, 6.07) is 14.4. The predicted molar refractivity (Wildman–Crippen MR) is 129 cm³/mol. The van der Waals surface area contributed by atoms with Gasteiger partial charge in [-0.25, -0.2) is 21.5 Å². The molecule has 0 saturated heterocycles. The molecule has 0 fully saturated rings. The largest absolute Gasteiger partial charge is 0.388 e. The van der Waals surface area contributed by atoms with Crippen LogP contribution in [0.25, 0.3) is 43.7 Å². The van der Waals surface area contributed by atoms with Crippen LogP contribution in [0.1, 0.15) is 25.2 Å². The van der Waals surface area contributed by atoms with Crippen molar-refractivity contribution in [3.63, 3.8) is 0 Å². The quantitative estimate of drug-likeness (QED) is 0.329. The van der Waals surface area contributed by atoms with E-state index in [1.807, 2.05) is 50.2 Å². The maximum absolute atomic E-state index is 13.1. The highest BCUT2D eigenvalue weighted by molar-refractivity contribution is 6.02. The van der Waals surface area contributed by atoms with Crippen molar-refractivity contribution in [2.45, 2.75) is 26.0 Å². The second-order valence-electron chi connectivity index (χ2n) is 8.40. The number of aromatic nitrogens is 5. The normalized spacial score (nSPS) is 11.6. The van der Waals surface area contributed by atoms with E-state index in [2.05, 4.69) is 19.8 Å². The standard InChI is InChI=1S/C26H20N6O2/c1-26(2,27-3)18-5-7-19(8-6-18)32-23(34)11-4-16-12-28-21-10-9-20(31-24(21)25(16)32)17-13-29-22(15-33)30-14-17/h4-14,33H,15H2,1-2H3. The molecule has 0 bridgehead atoms. The second-order valence-corrected chi connectivity index (χ2v) is 8.40. The van der Waals surface area contributed by atoms with Crippen molar-refractivity contribution in [2.24, 2.45) is 0 Å². The molecule has 1 aromatic carbocycles. The van der Waals surface area contributed by atoms with Crippen molar-refractivity contribution in [3.8, 4) is 16.9 Å². The number of hydrogen-bond acceptors (Lipinski definition) is 6. The summed E-state index contributed by atoms with van der Waals surface area (Å²) in [7, 11) is 0. The molecule has 0 spiro atoms. The molecule has 34 heavy (non-hydrogen) atoms. The van der Waals surface area contributed by atoms with Gasteiger partial charge in [-0.2, -0.15) is 0 Å². The van der Waals surface area contributed by atoms with E-state index in [1.54, 1.807) is 29.2 Å². The first-order valence-electron chi connectivity index (χ1n) is 10.6. The lowest BCUT2D eigenvalue weighted by atomic mass is 9.95. The van der Waals surface area contributed by atoms with Crippen LogP contribution in [0.5, 0.6) is 0 Å². The Balaban J connectivity index is 1.75. The fraction of sp³-hybridized carbons (Fsp3) is 0.154. The summed E-state index contributed by atoms with van der Waals surface area (Å²) in [5.41, 5.74) is 3.88. The van der Waals surface area contributed by atoms with Crippen LogP contribution in [0.15, 0.2) is 71.9 Å². The minimum Gasteiger partial charge on any atom is -0.388 e. The lowest BCUT2D eigenvalue weighted by Crippen LogP contribution is -2.18. The number of benzene rings is 1. The molecule has 4 heterocycles. The number of hydrogen-bond donors (Lipinski definition) is 1. The monoisotopic (exact) mass is 448 g/mol. The van der Waals surface area contributed by atoms with E-state index < -0.39 is 5.54 Å². The van der Waals surface area contributed by atoms with Gasteiger partial charge in [0, 0.05) is 60.7 Å². The predicted octanol–water partition coefficient (Wildman–Crippen LogP) is 4.04. The second kappa shape index (κ2) is 8.14. The third-order valence-corrected chi connectivity index (χ3v) is 5.82. The van der Waals surface area contributed by atoms with Gasteiger partial charge in [0.05, 0.1) is 16.7 Å². The molecule has 5 aromatic rings.